The standard InChI is InChI=1S/C22H22F2N7O5PS.C4H11NO2.C2H6O/c23-15-6-7-18(24)28-19(15)20-16(10-31(29-20)14-4-2-1-3-5-14)26-21(32)17-11-38-22(27-17)13-8-25-30(9-13)12-36-37(33,34)35;1-4(5,2-6)3-7;1-2-3/h6-11,14H,1-5,12H2,(H,26,32)(H2,33,34,35);6-7H,2-3,5H2,1H3;3H,2H2,1H3. The lowest BCUT2D eigenvalue weighted by Crippen LogP contribution is -2.43. The number of carbonyl (C=O) groups excluding carboxylic acids is 1. The second kappa shape index (κ2) is 17.8. The van der Waals surface area contributed by atoms with Gasteiger partial charge in [0.2, 0.25) is 5.95 Å². The van der Waals surface area contributed by atoms with Gasteiger partial charge in [0.05, 0.1) is 36.7 Å². The summed E-state index contributed by atoms with van der Waals surface area (Å²) in [5.41, 5.74) is 4.86. The van der Waals surface area contributed by atoms with E-state index in [-0.39, 0.29) is 48.6 Å². The number of rotatable bonds is 10. The molecule has 0 saturated heterocycles. The van der Waals surface area contributed by atoms with Crippen LogP contribution in [0.3, 0.4) is 0 Å². The summed E-state index contributed by atoms with van der Waals surface area (Å²) in [7, 11) is -4.66. The van der Waals surface area contributed by atoms with Gasteiger partial charge in [0.25, 0.3) is 5.91 Å². The summed E-state index contributed by atoms with van der Waals surface area (Å²) in [6.07, 6.45) is 9.42. The number of halogens is 2. The van der Waals surface area contributed by atoms with Gasteiger partial charge in [-0.3, -0.25) is 14.0 Å². The molecule has 0 bridgehead atoms. The molecule has 48 heavy (non-hydrogen) atoms. The monoisotopic (exact) mass is 716 g/mol. The van der Waals surface area contributed by atoms with E-state index in [1.807, 2.05) is 0 Å². The molecule has 0 aliphatic heterocycles. The Labute approximate surface area is 278 Å². The Morgan fingerprint density at radius 3 is 2.40 bits per heavy atom. The van der Waals surface area contributed by atoms with Gasteiger partial charge in [-0.05, 0) is 38.8 Å². The highest BCUT2D eigenvalue weighted by atomic mass is 32.1. The number of nitrogens with one attached hydrogen (secondary N) is 1. The Kier molecular flexibility index (Phi) is 14.4. The van der Waals surface area contributed by atoms with E-state index in [0.29, 0.717) is 10.6 Å². The first-order valence-electron chi connectivity index (χ1n) is 14.7. The molecule has 0 aromatic carbocycles. The summed E-state index contributed by atoms with van der Waals surface area (Å²) in [5, 5.41) is 37.3. The Morgan fingerprint density at radius 2 is 1.79 bits per heavy atom. The molecule has 4 heterocycles. The van der Waals surface area contributed by atoms with Gasteiger partial charge in [-0.1, -0.05) is 19.3 Å². The summed E-state index contributed by atoms with van der Waals surface area (Å²) in [6.45, 7) is 2.68. The maximum atomic E-state index is 14.6. The number of aliphatic hydroxyl groups is 3. The molecule has 5 rings (SSSR count). The van der Waals surface area contributed by atoms with Crippen molar-refractivity contribution in [2.24, 2.45) is 5.73 Å². The fourth-order valence-electron chi connectivity index (χ4n) is 4.20. The molecular formula is C28H39F2N8O8PS. The number of pyridine rings is 1. The molecule has 1 amide bonds. The van der Waals surface area contributed by atoms with Gasteiger partial charge in [-0.25, -0.2) is 23.6 Å². The summed E-state index contributed by atoms with van der Waals surface area (Å²) in [6, 6.07) is 1.94. The molecule has 20 heteroatoms. The SMILES string of the molecule is CC(N)(CO)CO.CCO.O=C(Nc1cn(C2CCCCC2)nc1-c1nc(F)ccc1F)c1csc(-c2cnn(COP(=O)(O)O)c2)n1. The fourth-order valence-corrected chi connectivity index (χ4v) is 5.25. The van der Waals surface area contributed by atoms with Crippen LogP contribution in [0.15, 0.2) is 36.1 Å². The van der Waals surface area contributed by atoms with Crippen LogP contribution in [0, 0.1) is 11.8 Å². The molecular weight excluding hydrogens is 677 g/mol. The average molecular weight is 717 g/mol. The zero-order chi connectivity index (χ0) is 35.5. The third-order valence-corrected chi connectivity index (χ3v) is 8.01. The Balaban J connectivity index is 0.000000549. The lowest BCUT2D eigenvalue weighted by molar-refractivity contribution is 0.102. The van der Waals surface area contributed by atoms with Crippen molar-refractivity contribution < 1.29 is 47.8 Å². The van der Waals surface area contributed by atoms with Crippen molar-refractivity contribution in [1.82, 2.24) is 29.5 Å². The molecule has 1 saturated carbocycles. The molecule has 264 valence electrons. The van der Waals surface area contributed by atoms with Gasteiger partial charge in [0, 0.05) is 29.9 Å². The van der Waals surface area contributed by atoms with Gasteiger partial charge < -0.3 is 36.2 Å². The number of thiazole rings is 1. The van der Waals surface area contributed by atoms with Crippen LogP contribution in [0.5, 0.6) is 0 Å². The van der Waals surface area contributed by atoms with Crippen LogP contribution in [0.4, 0.5) is 14.5 Å². The zero-order valence-electron chi connectivity index (χ0n) is 26.2. The molecule has 4 aromatic rings. The molecule has 0 spiro atoms. The predicted octanol–water partition coefficient (Wildman–Crippen LogP) is 3.05. The summed E-state index contributed by atoms with van der Waals surface area (Å²) < 4.78 is 46.6. The number of phosphoric ester groups is 1. The van der Waals surface area contributed by atoms with Crippen LogP contribution in [0.1, 0.15) is 62.5 Å². The van der Waals surface area contributed by atoms with E-state index in [4.69, 9.17) is 30.8 Å². The van der Waals surface area contributed by atoms with Gasteiger partial charge in [-0.15, -0.1) is 11.3 Å². The number of aromatic nitrogens is 6. The molecule has 4 aromatic heterocycles. The lowest BCUT2D eigenvalue weighted by Gasteiger charge is -2.21. The van der Waals surface area contributed by atoms with E-state index in [1.165, 1.54) is 22.5 Å². The van der Waals surface area contributed by atoms with Crippen molar-refractivity contribution in [2.75, 3.05) is 25.1 Å². The lowest BCUT2D eigenvalue weighted by atomic mass is 9.96. The highest BCUT2D eigenvalue weighted by Crippen LogP contribution is 2.36. The molecule has 8 N–H and O–H groups in total. The highest BCUT2D eigenvalue weighted by Gasteiger charge is 2.24. The van der Waals surface area contributed by atoms with E-state index in [1.54, 1.807) is 24.7 Å². The highest BCUT2D eigenvalue weighted by molar-refractivity contribution is 7.46. The number of phosphoric acid groups is 1. The van der Waals surface area contributed by atoms with Crippen molar-refractivity contribution in [3.05, 3.63) is 53.6 Å². The maximum Gasteiger partial charge on any atom is 0.471 e. The van der Waals surface area contributed by atoms with Gasteiger partial charge in [0.1, 0.15) is 22.1 Å². The van der Waals surface area contributed by atoms with Crippen LogP contribution in [0.2, 0.25) is 0 Å². The van der Waals surface area contributed by atoms with E-state index in [0.717, 1.165) is 55.6 Å². The van der Waals surface area contributed by atoms with Crippen molar-refractivity contribution in [1.29, 1.82) is 0 Å². The first-order valence-corrected chi connectivity index (χ1v) is 17.1. The topological polar surface area (TPSA) is 244 Å². The Morgan fingerprint density at radius 1 is 1.12 bits per heavy atom. The Hall–Kier alpha value is -3.52. The van der Waals surface area contributed by atoms with Crippen LogP contribution in [-0.2, 0) is 15.8 Å². The molecule has 0 radical (unpaired) electrons. The van der Waals surface area contributed by atoms with Crippen molar-refractivity contribution in [3.8, 4) is 22.0 Å². The van der Waals surface area contributed by atoms with E-state index in [9.17, 15) is 18.1 Å². The van der Waals surface area contributed by atoms with Crippen LogP contribution >= 0.6 is 19.2 Å². The van der Waals surface area contributed by atoms with Crippen molar-refractivity contribution in [3.63, 3.8) is 0 Å². The van der Waals surface area contributed by atoms with Crippen molar-refractivity contribution >= 4 is 30.8 Å². The first-order chi connectivity index (χ1) is 22.7. The minimum absolute atomic E-state index is 0.0164. The molecule has 1 aliphatic carbocycles. The van der Waals surface area contributed by atoms with Gasteiger partial charge in [-0.2, -0.15) is 14.6 Å². The number of nitrogens with two attached hydrogens (primary N) is 1. The third kappa shape index (κ3) is 11.6. The summed E-state index contributed by atoms with van der Waals surface area (Å²) in [4.78, 5) is 38.7. The average Bonchev–Trinajstić information content (AvgIpc) is 3.82. The summed E-state index contributed by atoms with van der Waals surface area (Å²) >= 11 is 1.15. The minimum Gasteiger partial charge on any atom is -0.397 e. The zero-order valence-corrected chi connectivity index (χ0v) is 27.9. The van der Waals surface area contributed by atoms with Crippen molar-refractivity contribution in [2.45, 2.75) is 64.3 Å². The van der Waals surface area contributed by atoms with E-state index < -0.39 is 37.8 Å². The number of hydrogen-bond acceptors (Lipinski definition) is 12. The third-order valence-electron chi connectivity index (χ3n) is 6.66. The molecule has 1 aliphatic rings. The van der Waals surface area contributed by atoms with E-state index >= 15 is 0 Å². The smallest absolute Gasteiger partial charge is 0.397 e. The molecule has 0 unspecified atom stereocenters. The number of aliphatic hydroxyl groups excluding tert-OH is 3. The number of carbonyl (C=O) groups is 1. The number of amides is 1. The van der Waals surface area contributed by atoms with Crippen LogP contribution < -0.4 is 11.1 Å². The molecule has 0 atom stereocenters. The fraction of sp³-hybridized carbons (Fsp3) is 0.464. The van der Waals surface area contributed by atoms with Crippen LogP contribution in [-0.4, -0.2) is 85.9 Å². The van der Waals surface area contributed by atoms with E-state index in [2.05, 4.69) is 30.0 Å². The number of anilines is 1. The maximum absolute atomic E-state index is 14.6. The quantitative estimate of drug-likeness (QED) is 0.0923. The number of hydrogen-bond donors (Lipinski definition) is 7. The first kappa shape index (κ1) is 38.9. The number of nitrogens with zero attached hydrogens (tertiary/aromatic N) is 6. The molecule has 16 nitrogen and oxygen atoms in total. The second-order valence-electron chi connectivity index (χ2n) is 10.9. The predicted molar refractivity (Wildman–Crippen MR) is 171 cm³/mol. The molecule has 1 fully saturated rings. The minimum atomic E-state index is -4.66. The largest absolute Gasteiger partial charge is 0.471 e. The second-order valence-corrected chi connectivity index (χ2v) is 13.0. The normalized spacial score (nSPS) is 13.7. The van der Waals surface area contributed by atoms with Gasteiger partial charge in [0.15, 0.2) is 12.5 Å². The van der Waals surface area contributed by atoms with Gasteiger partial charge >= 0.3 is 7.82 Å². The summed E-state index contributed by atoms with van der Waals surface area (Å²) in [5.74, 6) is -2.24. The Bertz CT molecular complexity index is 1670. The van der Waals surface area contributed by atoms with Crippen LogP contribution in [0.25, 0.3) is 22.0 Å².